The summed E-state index contributed by atoms with van der Waals surface area (Å²) in [4.78, 5) is 40.3. The van der Waals surface area contributed by atoms with Crippen LogP contribution >= 0.6 is 24.0 Å². The zero-order valence-electron chi connectivity index (χ0n) is 16.2. The van der Waals surface area contributed by atoms with Crippen LogP contribution < -0.4 is 4.74 Å². The number of hydrogen-bond acceptors (Lipinski definition) is 6. The zero-order chi connectivity index (χ0) is 21.1. The maximum atomic E-state index is 13.0. The lowest BCUT2D eigenvalue weighted by molar-refractivity contribution is -0.147. The van der Waals surface area contributed by atoms with Crippen molar-refractivity contribution in [2.75, 3.05) is 20.2 Å². The predicted molar refractivity (Wildman–Crippen MR) is 114 cm³/mol. The van der Waals surface area contributed by atoms with Gasteiger partial charge >= 0.3 is 5.97 Å². The van der Waals surface area contributed by atoms with Crippen LogP contribution in [0.1, 0.15) is 25.3 Å². The van der Waals surface area contributed by atoms with E-state index in [1.165, 1.54) is 4.90 Å². The molecule has 0 saturated carbocycles. The topological polar surface area (TPSA) is 87.2 Å². The van der Waals surface area contributed by atoms with Gasteiger partial charge in [0.1, 0.15) is 16.1 Å². The molecule has 2 amide bonds. The van der Waals surface area contributed by atoms with Gasteiger partial charge in [0.05, 0.1) is 17.9 Å². The molecule has 0 radical (unpaired) electrons. The lowest BCUT2D eigenvalue weighted by Gasteiger charge is -2.34. The Morgan fingerprint density at radius 1 is 1.31 bits per heavy atom. The predicted octanol–water partition coefficient (Wildman–Crippen LogP) is 2.61. The molecule has 9 heteroatoms. The minimum Gasteiger partial charge on any atom is -0.496 e. The fourth-order valence-corrected chi connectivity index (χ4v) is 4.87. The molecule has 1 N–H and O–H groups in total. The lowest BCUT2D eigenvalue weighted by Crippen LogP contribution is -2.51. The number of methoxy groups -OCH3 is 1. The van der Waals surface area contributed by atoms with Crippen molar-refractivity contribution in [3.05, 3.63) is 34.7 Å². The third-order valence-electron chi connectivity index (χ3n) is 5.15. The first kappa shape index (κ1) is 21.3. The fraction of sp³-hybridized carbons (Fsp3) is 0.400. The number of hydrogen-bond donors (Lipinski definition) is 1. The minimum absolute atomic E-state index is 0.219. The summed E-state index contributed by atoms with van der Waals surface area (Å²) in [6, 6.07) is 6.59. The summed E-state index contributed by atoms with van der Waals surface area (Å²) in [7, 11) is 1.56. The number of carboxylic acid groups (broad SMARTS) is 1. The molecule has 1 unspecified atom stereocenters. The van der Waals surface area contributed by atoms with Gasteiger partial charge in [-0.3, -0.25) is 19.3 Å². The number of amides is 2. The largest absolute Gasteiger partial charge is 0.496 e. The van der Waals surface area contributed by atoms with Crippen molar-refractivity contribution in [1.29, 1.82) is 0 Å². The highest BCUT2D eigenvalue weighted by Gasteiger charge is 2.40. The highest BCUT2D eigenvalue weighted by Crippen LogP contribution is 2.35. The molecule has 2 aliphatic rings. The van der Waals surface area contributed by atoms with E-state index in [0.717, 1.165) is 17.3 Å². The molecule has 0 bridgehead atoms. The van der Waals surface area contributed by atoms with E-state index >= 15 is 0 Å². The molecule has 1 aromatic carbocycles. The van der Waals surface area contributed by atoms with Crippen molar-refractivity contribution in [2.24, 2.45) is 5.92 Å². The number of carbonyl (C=O) groups is 3. The molecule has 0 spiro atoms. The van der Waals surface area contributed by atoms with Gasteiger partial charge in [-0.05, 0) is 31.9 Å². The maximum Gasteiger partial charge on any atom is 0.306 e. The third-order valence-corrected chi connectivity index (χ3v) is 6.48. The molecule has 2 saturated heterocycles. The van der Waals surface area contributed by atoms with E-state index in [1.807, 2.05) is 18.2 Å². The summed E-state index contributed by atoms with van der Waals surface area (Å²) >= 11 is 6.53. The summed E-state index contributed by atoms with van der Waals surface area (Å²) in [6.45, 7) is 2.39. The van der Waals surface area contributed by atoms with Crippen LogP contribution in [0.4, 0.5) is 0 Å². The second-order valence-corrected chi connectivity index (χ2v) is 8.58. The third kappa shape index (κ3) is 4.45. The second-order valence-electron chi connectivity index (χ2n) is 6.91. The zero-order valence-corrected chi connectivity index (χ0v) is 17.8. The number of piperidine rings is 1. The Balaban J connectivity index is 1.73. The Labute approximate surface area is 178 Å². The van der Waals surface area contributed by atoms with Gasteiger partial charge in [-0.25, -0.2) is 0 Å². The van der Waals surface area contributed by atoms with Gasteiger partial charge in [0.2, 0.25) is 5.91 Å². The Bertz CT molecular complexity index is 877. The second kappa shape index (κ2) is 8.96. The molecule has 2 fully saturated rings. The van der Waals surface area contributed by atoms with Crippen molar-refractivity contribution >= 4 is 52.2 Å². The average Bonchev–Trinajstić information content (AvgIpc) is 3.00. The SMILES string of the molecule is COc1ccccc1C=C1SC(=S)N(C(C)C(=O)N2CCC(C(=O)O)CC2)C1=O. The van der Waals surface area contributed by atoms with E-state index < -0.39 is 17.9 Å². The minimum atomic E-state index is -0.830. The smallest absolute Gasteiger partial charge is 0.306 e. The number of carbonyl (C=O) groups excluding carboxylic acids is 2. The number of rotatable bonds is 5. The molecular formula is C20H22N2O5S2. The van der Waals surface area contributed by atoms with E-state index in [4.69, 9.17) is 22.1 Å². The Morgan fingerprint density at radius 3 is 2.59 bits per heavy atom. The van der Waals surface area contributed by atoms with E-state index in [-0.39, 0.29) is 11.8 Å². The number of carboxylic acids is 1. The molecule has 2 heterocycles. The van der Waals surface area contributed by atoms with Crippen molar-refractivity contribution in [1.82, 2.24) is 9.80 Å². The first-order chi connectivity index (χ1) is 13.8. The highest BCUT2D eigenvalue weighted by molar-refractivity contribution is 8.26. The molecular weight excluding hydrogens is 412 g/mol. The molecule has 1 aromatic rings. The first-order valence-corrected chi connectivity index (χ1v) is 10.5. The van der Waals surface area contributed by atoms with Crippen LogP contribution in [0.2, 0.25) is 0 Å². The number of likely N-dealkylation sites (tertiary alicyclic amines) is 1. The highest BCUT2D eigenvalue weighted by atomic mass is 32.2. The van der Waals surface area contributed by atoms with Crippen LogP contribution in [0.3, 0.4) is 0 Å². The van der Waals surface area contributed by atoms with Gasteiger partial charge in [-0.15, -0.1) is 0 Å². The van der Waals surface area contributed by atoms with Gasteiger partial charge < -0.3 is 14.7 Å². The molecule has 1 atom stereocenters. The first-order valence-electron chi connectivity index (χ1n) is 9.25. The van der Waals surface area contributed by atoms with Gasteiger partial charge in [-0.1, -0.05) is 42.2 Å². The van der Waals surface area contributed by atoms with Crippen molar-refractivity contribution in [3.8, 4) is 5.75 Å². The summed E-state index contributed by atoms with van der Waals surface area (Å²) in [5, 5.41) is 9.11. The summed E-state index contributed by atoms with van der Waals surface area (Å²) in [6.07, 6.45) is 2.55. The van der Waals surface area contributed by atoms with Crippen LogP contribution in [0.25, 0.3) is 6.08 Å². The van der Waals surface area contributed by atoms with Crippen LogP contribution in [0.15, 0.2) is 29.2 Å². The molecule has 154 valence electrons. The van der Waals surface area contributed by atoms with E-state index in [0.29, 0.717) is 40.9 Å². The number of aliphatic carboxylic acids is 1. The number of thioether (sulfide) groups is 1. The number of thiocarbonyl (C=S) groups is 1. The molecule has 2 aliphatic heterocycles. The summed E-state index contributed by atoms with van der Waals surface area (Å²) in [5.74, 6) is -1.14. The molecule has 7 nitrogen and oxygen atoms in total. The number of para-hydroxylation sites is 1. The lowest BCUT2D eigenvalue weighted by atomic mass is 9.96. The number of benzene rings is 1. The molecule has 3 rings (SSSR count). The number of ether oxygens (including phenoxy) is 1. The van der Waals surface area contributed by atoms with Crippen LogP contribution in [0.5, 0.6) is 5.75 Å². The van der Waals surface area contributed by atoms with Crippen LogP contribution in [0, 0.1) is 5.92 Å². The van der Waals surface area contributed by atoms with Crippen molar-refractivity contribution < 1.29 is 24.2 Å². The quantitative estimate of drug-likeness (QED) is 0.563. The standard InChI is InChI=1S/C20H22N2O5S2/c1-12(17(23)21-9-7-13(8-10-21)19(25)26)22-18(24)16(29-20(22)28)11-14-5-3-4-6-15(14)27-2/h3-6,11-13H,7-10H2,1-2H3,(H,25,26). The maximum absolute atomic E-state index is 13.0. The van der Waals surface area contributed by atoms with Crippen LogP contribution in [-0.2, 0) is 14.4 Å². The average molecular weight is 435 g/mol. The van der Waals surface area contributed by atoms with Crippen molar-refractivity contribution in [2.45, 2.75) is 25.8 Å². The van der Waals surface area contributed by atoms with E-state index in [9.17, 15) is 14.4 Å². The van der Waals surface area contributed by atoms with Gasteiger partial charge in [0, 0.05) is 18.7 Å². The summed E-state index contributed by atoms with van der Waals surface area (Å²) < 4.78 is 5.65. The Hall–Kier alpha value is -2.39. The molecule has 0 aromatic heterocycles. The Morgan fingerprint density at radius 2 is 1.97 bits per heavy atom. The molecule has 29 heavy (non-hydrogen) atoms. The Kier molecular flexibility index (Phi) is 6.59. The van der Waals surface area contributed by atoms with Crippen molar-refractivity contribution in [3.63, 3.8) is 0 Å². The van der Waals surface area contributed by atoms with E-state index in [1.54, 1.807) is 31.1 Å². The number of nitrogens with zero attached hydrogens (tertiary/aromatic N) is 2. The van der Waals surface area contributed by atoms with Gasteiger partial charge in [0.25, 0.3) is 5.91 Å². The molecule has 0 aliphatic carbocycles. The van der Waals surface area contributed by atoms with E-state index in [2.05, 4.69) is 0 Å². The normalized spacial score (nSPS) is 20.3. The summed E-state index contributed by atoms with van der Waals surface area (Å²) in [5.41, 5.74) is 0.755. The van der Waals surface area contributed by atoms with Gasteiger partial charge in [-0.2, -0.15) is 0 Å². The monoisotopic (exact) mass is 434 g/mol. The van der Waals surface area contributed by atoms with Gasteiger partial charge in [0.15, 0.2) is 0 Å². The van der Waals surface area contributed by atoms with Crippen LogP contribution in [-0.4, -0.2) is 63.3 Å². The fourth-order valence-electron chi connectivity index (χ4n) is 3.46.